The molecule has 0 aliphatic heterocycles. The summed E-state index contributed by atoms with van der Waals surface area (Å²) in [4.78, 5) is 0. The average Bonchev–Trinajstić information content (AvgIpc) is 2.90. The zero-order valence-corrected chi connectivity index (χ0v) is 11.1. The van der Waals surface area contributed by atoms with Crippen LogP contribution in [0.25, 0.3) is 0 Å². The first-order chi connectivity index (χ1) is 8.31. The highest BCUT2D eigenvalue weighted by molar-refractivity contribution is 5.03. The molecule has 0 spiro atoms. The fourth-order valence-corrected chi connectivity index (χ4v) is 3.06. The van der Waals surface area contributed by atoms with E-state index in [2.05, 4.69) is 25.2 Å². The van der Waals surface area contributed by atoms with Crippen LogP contribution < -0.4 is 5.32 Å². The van der Waals surface area contributed by atoms with Crippen molar-refractivity contribution in [2.24, 2.45) is 5.92 Å². The number of hydrogen-bond acceptors (Lipinski definition) is 2. The molecule has 2 atom stereocenters. The van der Waals surface area contributed by atoms with Crippen LogP contribution in [-0.4, -0.2) is 6.04 Å². The maximum Gasteiger partial charge on any atom is 0.120 e. The molecule has 1 N–H and O–H groups in total. The van der Waals surface area contributed by atoms with E-state index < -0.39 is 0 Å². The van der Waals surface area contributed by atoms with E-state index in [4.69, 9.17) is 4.42 Å². The van der Waals surface area contributed by atoms with Crippen molar-refractivity contribution in [2.75, 3.05) is 0 Å². The number of nitrogens with one attached hydrogen (secondary N) is 1. The molecule has 0 amide bonds. The van der Waals surface area contributed by atoms with Gasteiger partial charge in [-0.1, -0.05) is 26.2 Å². The lowest BCUT2D eigenvalue weighted by Crippen LogP contribution is -2.38. The van der Waals surface area contributed by atoms with E-state index in [1.807, 2.05) is 6.07 Å². The molecule has 1 aliphatic carbocycles. The van der Waals surface area contributed by atoms with Crippen molar-refractivity contribution in [1.82, 2.24) is 5.32 Å². The van der Waals surface area contributed by atoms with E-state index in [-0.39, 0.29) is 0 Å². The molecule has 1 fully saturated rings. The molecule has 2 heteroatoms. The van der Waals surface area contributed by atoms with Gasteiger partial charge >= 0.3 is 0 Å². The van der Waals surface area contributed by atoms with E-state index in [1.165, 1.54) is 38.5 Å². The number of furan rings is 1. The quantitative estimate of drug-likeness (QED) is 0.823. The average molecular weight is 235 g/mol. The van der Waals surface area contributed by atoms with Gasteiger partial charge in [-0.05, 0) is 44.2 Å². The minimum absolute atomic E-state index is 0.330. The van der Waals surface area contributed by atoms with Gasteiger partial charge in [0.15, 0.2) is 0 Å². The van der Waals surface area contributed by atoms with Gasteiger partial charge in [-0.25, -0.2) is 0 Å². The topological polar surface area (TPSA) is 25.2 Å². The number of rotatable bonds is 5. The first kappa shape index (κ1) is 12.7. The van der Waals surface area contributed by atoms with Crippen molar-refractivity contribution >= 4 is 0 Å². The summed E-state index contributed by atoms with van der Waals surface area (Å²) in [5, 5.41) is 3.74. The summed E-state index contributed by atoms with van der Waals surface area (Å²) in [6.45, 7) is 4.49. The van der Waals surface area contributed by atoms with Crippen molar-refractivity contribution in [2.45, 2.75) is 64.5 Å². The molecule has 1 heterocycles. The summed E-state index contributed by atoms with van der Waals surface area (Å²) >= 11 is 0. The highest BCUT2D eigenvalue weighted by atomic mass is 16.3. The minimum Gasteiger partial charge on any atom is -0.468 e. The van der Waals surface area contributed by atoms with Crippen LogP contribution in [0.2, 0.25) is 0 Å². The van der Waals surface area contributed by atoms with Crippen LogP contribution in [-0.2, 0) is 0 Å². The molecule has 17 heavy (non-hydrogen) atoms. The van der Waals surface area contributed by atoms with Gasteiger partial charge in [0.25, 0.3) is 0 Å². The van der Waals surface area contributed by atoms with Crippen LogP contribution in [0.5, 0.6) is 0 Å². The molecule has 0 bridgehead atoms. The third-order valence-electron chi connectivity index (χ3n) is 4.09. The van der Waals surface area contributed by atoms with Gasteiger partial charge in [-0.2, -0.15) is 0 Å². The van der Waals surface area contributed by atoms with E-state index >= 15 is 0 Å². The Bertz CT molecular complexity index is 301. The lowest BCUT2D eigenvalue weighted by atomic mass is 9.82. The van der Waals surface area contributed by atoms with Gasteiger partial charge in [0.2, 0.25) is 0 Å². The van der Waals surface area contributed by atoms with Crippen LogP contribution in [0.4, 0.5) is 0 Å². The third-order valence-corrected chi connectivity index (χ3v) is 4.09. The van der Waals surface area contributed by atoms with Gasteiger partial charge in [0.1, 0.15) is 5.76 Å². The molecule has 1 saturated carbocycles. The molecule has 0 aromatic carbocycles. The Morgan fingerprint density at radius 1 is 1.35 bits per heavy atom. The Balaban J connectivity index is 1.90. The molecule has 96 valence electrons. The fourth-order valence-electron chi connectivity index (χ4n) is 3.06. The van der Waals surface area contributed by atoms with Gasteiger partial charge in [0.05, 0.1) is 12.3 Å². The van der Waals surface area contributed by atoms with Crippen LogP contribution in [0.15, 0.2) is 22.8 Å². The summed E-state index contributed by atoms with van der Waals surface area (Å²) in [6, 6.07) is 5.01. The summed E-state index contributed by atoms with van der Waals surface area (Å²) < 4.78 is 5.47. The van der Waals surface area contributed by atoms with Gasteiger partial charge in [0, 0.05) is 6.04 Å². The summed E-state index contributed by atoms with van der Waals surface area (Å²) in [7, 11) is 0. The van der Waals surface area contributed by atoms with Crippen LogP contribution in [0.3, 0.4) is 0 Å². The molecule has 2 rings (SSSR count). The largest absolute Gasteiger partial charge is 0.468 e. The fraction of sp³-hybridized carbons (Fsp3) is 0.733. The molecular formula is C15H25NO. The van der Waals surface area contributed by atoms with Gasteiger partial charge in [-0.3, -0.25) is 0 Å². The second kappa shape index (κ2) is 6.25. The summed E-state index contributed by atoms with van der Waals surface area (Å²) in [5.74, 6) is 1.92. The molecule has 1 aromatic rings. The Morgan fingerprint density at radius 2 is 2.12 bits per heavy atom. The van der Waals surface area contributed by atoms with E-state index in [0.29, 0.717) is 12.1 Å². The van der Waals surface area contributed by atoms with E-state index in [1.54, 1.807) is 6.26 Å². The van der Waals surface area contributed by atoms with Crippen molar-refractivity contribution in [3.05, 3.63) is 24.2 Å². The Hall–Kier alpha value is -0.760. The Labute approximate surface area is 105 Å². The van der Waals surface area contributed by atoms with Gasteiger partial charge < -0.3 is 9.73 Å². The lowest BCUT2D eigenvalue weighted by Gasteiger charge is -2.32. The molecule has 2 nitrogen and oxygen atoms in total. The van der Waals surface area contributed by atoms with Crippen molar-refractivity contribution in [1.29, 1.82) is 0 Å². The van der Waals surface area contributed by atoms with E-state index in [0.717, 1.165) is 11.7 Å². The normalized spacial score (nSPS) is 21.3. The number of hydrogen-bond donors (Lipinski definition) is 1. The monoisotopic (exact) mass is 235 g/mol. The molecule has 1 aromatic heterocycles. The predicted octanol–water partition coefficient (Wildman–Crippen LogP) is 4.29. The predicted molar refractivity (Wildman–Crippen MR) is 70.9 cm³/mol. The SMILES string of the molecule is CCC(NC(C)c1ccco1)C1CCCCC1. The van der Waals surface area contributed by atoms with Crippen molar-refractivity contribution < 1.29 is 4.42 Å². The van der Waals surface area contributed by atoms with E-state index in [9.17, 15) is 0 Å². The molecule has 2 unspecified atom stereocenters. The molecule has 0 radical (unpaired) electrons. The Morgan fingerprint density at radius 3 is 2.71 bits per heavy atom. The second-order valence-electron chi connectivity index (χ2n) is 5.32. The maximum absolute atomic E-state index is 5.47. The second-order valence-corrected chi connectivity index (χ2v) is 5.32. The lowest BCUT2D eigenvalue weighted by molar-refractivity contribution is 0.241. The highest BCUT2D eigenvalue weighted by Crippen LogP contribution is 2.29. The van der Waals surface area contributed by atoms with Crippen molar-refractivity contribution in [3.8, 4) is 0 Å². The first-order valence-electron chi connectivity index (χ1n) is 7.10. The zero-order valence-electron chi connectivity index (χ0n) is 11.1. The van der Waals surface area contributed by atoms with Gasteiger partial charge in [-0.15, -0.1) is 0 Å². The van der Waals surface area contributed by atoms with Crippen molar-refractivity contribution in [3.63, 3.8) is 0 Å². The third kappa shape index (κ3) is 3.35. The summed E-state index contributed by atoms with van der Waals surface area (Å²) in [6.07, 6.45) is 10.0. The first-order valence-corrected chi connectivity index (χ1v) is 7.10. The molecule has 0 saturated heterocycles. The maximum atomic E-state index is 5.47. The smallest absolute Gasteiger partial charge is 0.120 e. The van der Waals surface area contributed by atoms with Crippen LogP contribution in [0.1, 0.15) is 64.2 Å². The zero-order chi connectivity index (χ0) is 12.1. The van der Waals surface area contributed by atoms with Crippen LogP contribution >= 0.6 is 0 Å². The highest BCUT2D eigenvalue weighted by Gasteiger charge is 2.24. The van der Waals surface area contributed by atoms with Crippen LogP contribution in [0, 0.1) is 5.92 Å². The minimum atomic E-state index is 0.330. The summed E-state index contributed by atoms with van der Waals surface area (Å²) in [5.41, 5.74) is 0. The standard InChI is InChI=1S/C15H25NO/c1-3-14(13-8-5-4-6-9-13)16-12(2)15-10-7-11-17-15/h7,10-14,16H,3-6,8-9H2,1-2H3. The molecular weight excluding hydrogens is 210 g/mol. The Kier molecular flexibility index (Phi) is 4.66. The molecule has 1 aliphatic rings.